The first kappa shape index (κ1) is 15.9. The van der Waals surface area contributed by atoms with Crippen molar-refractivity contribution < 1.29 is 13.2 Å². The van der Waals surface area contributed by atoms with E-state index in [2.05, 4.69) is 9.71 Å². The number of aromatic nitrogens is 1. The third-order valence-electron chi connectivity index (χ3n) is 4.09. The van der Waals surface area contributed by atoms with E-state index in [1.54, 1.807) is 6.07 Å². The van der Waals surface area contributed by atoms with Crippen molar-refractivity contribution in [2.75, 3.05) is 17.9 Å². The fourth-order valence-electron chi connectivity index (χ4n) is 2.83. The number of fused-ring (bicyclic) bond motifs is 2. The molecule has 1 N–H and O–H groups in total. The second kappa shape index (κ2) is 6.34. The molecular formula is C18H17N3O3S. The number of nitrogens with zero attached hydrogens (tertiary/aromatic N) is 2. The van der Waals surface area contributed by atoms with Crippen molar-refractivity contribution in [3.8, 4) is 5.75 Å². The predicted molar refractivity (Wildman–Crippen MR) is 96.6 cm³/mol. The molecular weight excluding hydrogens is 338 g/mol. The summed E-state index contributed by atoms with van der Waals surface area (Å²) in [6, 6.07) is 18.6. The molecule has 128 valence electrons. The minimum Gasteiger partial charge on any atom is -0.492 e. The minimum absolute atomic E-state index is 0.263. The zero-order valence-electron chi connectivity index (χ0n) is 13.4. The van der Waals surface area contributed by atoms with E-state index in [0.29, 0.717) is 12.4 Å². The lowest BCUT2D eigenvalue weighted by molar-refractivity contribution is 0.293. The number of anilines is 1. The molecule has 0 atom stereocenters. The van der Waals surface area contributed by atoms with Crippen molar-refractivity contribution in [2.24, 2.45) is 0 Å². The summed E-state index contributed by atoms with van der Waals surface area (Å²) in [6.07, 6.45) is 0. The van der Waals surface area contributed by atoms with Crippen LogP contribution in [0, 0.1) is 0 Å². The van der Waals surface area contributed by atoms with Gasteiger partial charge in [-0.1, -0.05) is 36.4 Å². The van der Waals surface area contributed by atoms with Crippen LogP contribution < -0.4 is 9.46 Å². The van der Waals surface area contributed by atoms with Crippen molar-refractivity contribution in [1.29, 1.82) is 0 Å². The first-order valence-corrected chi connectivity index (χ1v) is 9.40. The zero-order chi connectivity index (χ0) is 17.3. The topological polar surface area (TPSA) is 71.5 Å². The van der Waals surface area contributed by atoms with E-state index in [0.717, 1.165) is 22.2 Å². The van der Waals surface area contributed by atoms with Crippen LogP contribution in [0.4, 0.5) is 5.82 Å². The third-order valence-corrected chi connectivity index (χ3v) is 5.55. The molecule has 0 saturated heterocycles. The lowest BCUT2D eigenvalue weighted by Gasteiger charge is -2.20. The van der Waals surface area contributed by atoms with Gasteiger partial charge in [-0.25, -0.2) is 4.98 Å². The normalized spacial score (nSPS) is 15.2. The number of pyridine rings is 1. The quantitative estimate of drug-likeness (QED) is 0.784. The minimum atomic E-state index is -3.73. The second-order valence-corrected chi connectivity index (χ2v) is 7.46. The Bertz CT molecular complexity index is 1020. The van der Waals surface area contributed by atoms with E-state index in [1.807, 2.05) is 54.6 Å². The predicted octanol–water partition coefficient (Wildman–Crippen LogP) is 2.79. The average Bonchev–Trinajstić information content (AvgIpc) is 2.84. The van der Waals surface area contributed by atoms with Gasteiger partial charge in [0.1, 0.15) is 18.2 Å². The maximum atomic E-state index is 12.8. The second-order valence-electron chi connectivity index (χ2n) is 5.79. The van der Waals surface area contributed by atoms with Gasteiger partial charge in [0.2, 0.25) is 0 Å². The molecule has 7 heteroatoms. The molecule has 2 aromatic carbocycles. The van der Waals surface area contributed by atoms with Crippen molar-refractivity contribution in [3.63, 3.8) is 0 Å². The summed E-state index contributed by atoms with van der Waals surface area (Å²) in [5, 5.41) is 0.961. The van der Waals surface area contributed by atoms with E-state index in [1.165, 1.54) is 4.31 Å². The lowest BCUT2D eigenvalue weighted by Crippen LogP contribution is -2.37. The van der Waals surface area contributed by atoms with E-state index in [4.69, 9.17) is 4.74 Å². The van der Waals surface area contributed by atoms with Crippen molar-refractivity contribution in [1.82, 2.24) is 9.29 Å². The molecule has 0 fully saturated rings. The average molecular weight is 355 g/mol. The Kier molecular flexibility index (Phi) is 4.03. The van der Waals surface area contributed by atoms with Gasteiger partial charge in [0, 0.05) is 24.0 Å². The van der Waals surface area contributed by atoms with Crippen LogP contribution in [-0.2, 0) is 16.8 Å². The molecule has 6 nitrogen and oxygen atoms in total. The van der Waals surface area contributed by atoms with Crippen molar-refractivity contribution in [2.45, 2.75) is 6.54 Å². The SMILES string of the molecule is O=S(=O)(Nc1ccc2ccccc2n1)N1CCOc2ccccc2C1. The first-order chi connectivity index (χ1) is 12.1. The first-order valence-electron chi connectivity index (χ1n) is 7.96. The molecule has 0 amide bonds. The van der Waals surface area contributed by atoms with Gasteiger partial charge < -0.3 is 4.74 Å². The fourth-order valence-corrected chi connectivity index (χ4v) is 3.96. The van der Waals surface area contributed by atoms with Crippen LogP contribution in [-0.4, -0.2) is 30.9 Å². The highest BCUT2D eigenvalue weighted by Gasteiger charge is 2.26. The van der Waals surface area contributed by atoms with Crippen LogP contribution in [0.3, 0.4) is 0 Å². The Morgan fingerprint density at radius 1 is 1.00 bits per heavy atom. The highest BCUT2D eigenvalue weighted by molar-refractivity contribution is 7.90. The summed E-state index contributed by atoms with van der Waals surface area (Å²) in [5.74, 6) is 1.03. The molecule has 0 unspecified atom stereocenters. The third kappa shape index (κ3) is 3.29. The summed E-state index contributed by atoms with van der Waals surface area (Å²) in [7, 11) is -3.73. The molecule has 1 aliphatic heterocycles. The van der Waals surface area contributed by atoms with Crippen LogP contribution in [0.1, 0.15) is 5.56 Å². The lowest BCUT2D eigenvalue weighted by atomic mass is 10.2. The maximum absolute atomic E-state index is 12.8. The molecule has 0 bridgehead atoms. The van der Waals surface area contributed by atoms with Gasteiger partial charge >= 0.3 is 10.2 Å². The summed E-state index contributed by atoms with van der Waals surface area (Å²) in [5.41, 5.74) is 1.59. The molecule has 3 aromatic rings. The standard InChI is InChI=1S/C18H17N3O3S/c22-25(23,20-18-10-9-14-5-1-3-7-16(14)19-18)21-11-12-24-17-8-4-2-6-15(17)13-21/h1-10H,11-13H2,(H,19,20). The summed E-state index contributed by atoms with van der Waals surface area (Å²) >= 11 is 0. The molecule has 1 aromatic heterocycles. The van der Waals surface area contributed by atoms with E-state index in [-0.39, 0.29) is 13.1 Å². The van der Waals surface area contributed by atoms with Gasteiger partial charge in [-0.2, -0.15) is 12.7 Å². The molecule has 1 aliphatic rings. The fraction of sp³-hybridized carbons (Fsp3) is 0.167. The summed E-state index contributed by atoms with van der Waals surface area (Å²) in [4.78, 5) is 4.37. The largest absolute Gasteiger partial charge is 0.492 e. The van der Waals surface area contributed by atoms with Crippen LogP contribution >= 0.6 is 0 Å². The number of hydrogen-bond donors (Lipinski definition) is 1. The molecule has 0 spiro atoms. The molecule has 0 saturated carbocycles. The van der Waals surface area contributed by atoms with Gasteiger partial charge in [-0.3, -0.25) is 4.72 Å². The Labute approximate surface area is 146 Å². The van der Waals surface area contributed by atoms with Crippen molar-refractivity contribution in [3.05, 3.63) is 66.2 Å². The maximum Gasteiger partial charge on any atom is 0.303 e. The van der Waals surface area contributed by atoms with E-state index < -0.39 is 10.2 Å². The smallest absolute Gasteiger partial charge is 0.303 e. The Balaban J connectivity index is 1.60. The van der Waals surface area contributed by atoms with Crippen LogP contribution in [0.25, 0.3) is 10.9 Å². The van der Waals surface area contributed by atoms with Crippen LogP contribution in [0.5, 0.6) is 5.75 Å². The number of rotatable bonds is 3. The number of para-hydroxylation sites is 2. The van der Waals surface area contributed by atoms with Crippen LogP contribution in [0.15, 0.2) is 60.7 Å². The molecule has 2 heterocycles. The highest BCUT2D eigenvalue weighted by atomic mass is 32.2. The van der Waals surface area contributed by atoms with Gasteiger partial charge in [-0.05, 0) is 24.3 Å². The number of benzene rings is 2. The number of hydrogen-bond acceptors (Lipinski definition) is 4. The van der Waals surface area contributed by atoms with Crippen molar-refractivity contribution >= 4 is 26.9 Å². The van der Waals surface area contributed by atoms with E-state index in [9.17, 15) is 8.42 Å². The van der Waals surface area contributed by atoms with Gasteiger partial charge in [0.05, 0.1) is 5.52 Å². The monoisotopic (exact) mass is 355 g/mol. The molecule has 0 aliphatic carbocycles. The number of ether oxygens (including phenoxy) is 1. The zero-order valence-corrected chi connectivity index (χ0v) is 14.2. The molecule has 25 heavy (non-hydrogen) atoms. The molecule has 4 rings (SSSR count). The Hall–Kier alpha value is -2.64. The van der Waals surface area contributed by atoms with Crippen LogP contribution in [0.2, 0.25) is 0 Å². The summed E-state index contributed by atoms with van der Waals surface area (Å²) in [6.45, 7) is 0.847. The van der Waals surface area contributed by atoms with Gasteiger partial charge in [-0.15, -0.1) is 0 Å². The Morgan fingerprint density at radius 3 is 2.72 bits per heavy atom. The number of nitrogens with one attached hydrogen (secondary N) is 1. The Morgan fingerprint density at radius 2 is 1.80 bits per heavy atom. The molecule has 0 radical (unpaired) electrons. The summed E-state index contributed by atoms with van der Waals surface area (Å²) < 4.78 is 35.1. The van der Waals surface area contributed by atoms with E-state index >= 15 is 0 Å². The van der Waals surface area contributed by atoms with Gasteiger partial charge in [0.25, 0.3) is 0 Å². The highest BCUT2D eigenvalue weighted by Crippen LogP contribution is 2.24. The van der Waals surface area contributed by atoms with Gasteiger partial charge in [0.15, 0.2) is 0 Å².